The molecule has 0 saturated carbocycles. The van der Waals surface area contributed by atoms with Crippen molar-refractivity contribution in [1.29, 1.82) is 10.5 Å². The van der Waals surface area contributed by atoms with Crippen LogP contribution in [-0.4, -0.2) is 27.2 Å². The normalized spacial score (nSPS) is 19.5. The zero-order valence-corrected chi connectivity index (χ0v) is 17.0. The van der Waals surface area contributed by atoms with Crippen LogP contribution in [0.5, 0.6) is 0 Å². The Bertz CT molecular complexity index is 1150. The van der Waals surface area contributed by atoms with E-state index in [0.29, 0.717) is 27.9 Å². The van der Waals surface area contributed by atoms with Gasteiger partial charge in [-0.2, -0.15) is 15.2 Å². The molecule has 0 fully saturated rings. The fourth-order valence-electron chi connectivity index (χ4n) is 3.50. The van der Waals surface area contributed by atoms with E-state index in [1.54, 1.807) is 52.8 Å². The van der Waals surface area contributed by atoms with Gasteiger partial charge in [0.2, 0.25) is 0 Å². The smallest absolute Gasteiger partial charge is 0.435 e. The minimum absolute atomic E-state index is 0.168. The van der Waals surface area contributed by atoms with Gasteiger partial charge in [0.1, 0.15) is 5.60 Å². The van der Waals surface area contributed by atoms with Gasteiger partial charge in [0.25, 0.3) is 0 Å². The molecule has 0 bridgehead atoms. The number of nitrogens with zero attached hydrogens (tertiary/aromatic N) is 5. The third-order valence-electron chi connectivity index (χ3n) is 4.75. The summed E-state index contributed by atoms with van der Waals surface area (Å²) in [5.74, 6) is -0.856. The molecule has 0 radical (unpaired) electrons. The lowest BCUT2D eigenvalue weighted by Gasteiger charge is -2.26. The van der Waals surface area contributed by atoms with Crippen LogP contribution in [0.1, 0.15) is 46.1 Å². The zero-order valence-electron chi connectivity index (χ0n) is 17.0. The monoisotopic (exact) mass is 390 g/mol. The number of nitriles is 2. The quantitative estimate of drug-likeness (QED) is 0.786. The van der Waals surface area contributed by atoms with Gasteiger partial charge in [-0.3, -0.25) is 4.99 Å². The molecule has 2 heterocycles. The van der Waals surface area contributed by atoms with E-state index < -0.39 is 23.5 Å². The lowest BCUT2D eigenvalue weighted by molar-refractivity contribution is 0.0523. The van der Waals surface area contributed by atoms with E-state index in [1.165, 1.54) is 0 Å². The maximum absolute atomic E-state index is 12.5. The summed E-state index contributed by atoms with van der Waals surface area (Å²) in [5, 5.41) is 24.0. The number of aromatic nitrogens is 2. The molecule has 1 aromatic heterocycles. The van der Waals surface area contributed by atoms with Gasteiger partial charge in [0, 0.05) is 17.0 Å². The highest BCUT2D eigenvalue weighted by Crippen LogP contribution is 2.39. The number of aliphatic imine (C=N–C) groups is 1. The predicted molar refractivity (Wildman–Crippen MR) is 109 cm³/mol. The van der Waals surface area contributed by atoms with Crippen LogP contribution >= 0.6 is 0 Å². The van der Waals surface area contributed by atoms with Crippen molar-refractivity contribution < 1.29 is 9.53 Å². The molecule has 1 aliphatic heterocycles. The first-order valence-corrected chi connectivity index (χ1v) is 9.14. The molecule has 0 saturated heterocycles. The zero-order chi connectivity index (χ0) is 21.5. The van der Waals surface area contributed by atoms with Gasteiger partial charge in [0.15, 0.2) is 5.82 Å². The van der Waals surface area contributed by atoms with Gasteiger partial charge in [0.05, 0.1) is 34.8 Å². The Morgan fingerprint density at radius 3 is 2.55 bits per heavy atom. The second kappa shape index (κ2) is 7.06. The molecule has 3 rings (SSSR count). The number of hydrogen-bond acceptors (Lipinski definition) is 7. The largest absolute Gasteiger partial charge is 0.442 e. The summed E-state index contributed by atoms with van der Waals surface area (Å²) in [6, 6.07) is 9.71. The minimum atomic E-state index is -0.674. The highest BCUT2D eigenvalue weighted by atomic mass is 16.6. The first-order chi connectivity index (χ1) is 13.6. The number of benzene rings is 1. The Labute approximate surface area is 168 Å². The number of nitrogen functional groups attached to an aromatic ring is 1. The maximum atomic E-state index is 12.5. The van der Waals surface area contributed by atoms with Crippen LogP contribution in [0.2, 0.25) is 0 Å². The van der Waals surface area contributed by atoms with Crippen LogP contribution in [0.25, 0.3) is 10.9 Å². The van der Waals surface area contributed by atoms with Gasteiger partial charge in [-0.25, -0.2) is 4.79 Å². The van der Waals surface area contributed by atoms with Crippen LogP contribution in [0.4, 0.5) is 10.6 Å². The van der Waals surface area contributed by atoms with Gasteiger partial charge in [-0.05, 0) is 52.3 Å². The Morgan fingerprint density at radius 1 is 1.28 bits per heavy atom. The minimum Gasteiger partial charge on any atom is -0.442 e. The average molecular weight is 390 g/mol. The second-order valence-electron chi connectivity index (χ2n) is 8.00. The molecule has 8 heteroatoms. The van der Waals surface area contributed by atoms with E-state index in [1.807, 2.05) is 0 Å². The Hall–Kier alpha value is -3.65. The molecular weight excluding hydrogens is 368 g/mol. The third-order valence-corrected chi connectivity index (χ3v) is 4.75. The summed E-state index contributed by atoms with van der Waals surface area (Å²) >= 11 is 0. The average Bonchev–Trinajstić information content (AvgIpc) is 2.96. The first-order valence-electron chi connectivity index (χ1n) is 9.14. The van der Waals surface area contributed by atoms with Gasteiger partial charge >= 0.3 is 6.09 Å². The SMILES string of the molecule is CC1=NC(C)=C(C#N)C(c2ccc3c(c2)c(N)nn3C(=O)OC(C)(C)C)C1C#N. The fraction of sp³-hybridized carbons (Fsp3) is 0.381. The Morgan fingerprint density at radius 2 is 1.97 bits per heavy atom. The van der Waals surface area contributed by atoms with Gasteiger partial charge in [-0.1, -0.05) is 6.07 Å². The molecule has 0 aliphatic carbocycles. The van der Waals surface area contributed by atoms with E-state index >= 15 is 0 Å². The number of rotatable bonds is 1. The lowest BCUT2D eigenvalue weighted by atomic mass is 9.76. The number of allylic oxidation sites excluding steroid dienone is 2. The summed E-state index contributed by atoms with van der Waals surface area (Å²) < 4.78 is 6.51. The van der Waals surface area contributed by atoms with E-state index in [4.69, 9.17) is 10.5 Å². The first kappa shape index (κ1) is 20.1. The Kier molecular flexibility index (Phi) is 4.90. The Balaban J connectivity index is 2.13. The van der Waals surface area contributed by atoms with Gasteiger partial charge < -0.3 is 10.5 Å². The van der Waals surface area contributed by atoms with Crippen molar-refractivity contribution in [3.63, 3.8) is 0 Å². The highest BCUT2D eigenvalue weighted by Gasteiger charge is 2.34. The summed E-state index contributed by atoms with van der Waals surface area (Å²) in [6.07, 6.45) is -0.629. The number of fused-ring (bicyclic) bond motifs is 1. The lowest BCUT2D eigenvalue weighted by Crippen LogP contribution is -2.27. The molecule has 148 valence electrons. The summed E-state index contributed by atoms with van der Waals surface area (Å²) in [6.45, 7) is 8.85. The molecule has 2 unspecified atom stereocenters. The van der Waals surface area contributed by atoms with Crippen LogP contribution in [-0.2, 0) is 4.74 Å². The van der Waals surface area contributed by atoms with Gasteiger partial charge in [-0.15, -0.1) is 5.10 Å². The summed E-state index contributed by atoms with van der Waals surface area (Å²) in [7, 11) is 0. The van der Waals surface area contributed by atoms with Crippen molar-refractivity contribution in [3.8, 4) is 12.1 Å². The van der Waals surface area contributed by atoms with Crippen molar-refractivity contribution in [2.75, 3.05) is 5.73 Å². The molecule has 8 nitrogen and oxygen atoms in total. The van der Waals surface area contributed by atoms with E-state index in [2.05, 4.69) is 22.2 Å². The number of carbonyl (C=O) groups excluding carboxylic acids is 1. The third kappa shape index (κ3) is 3.57. The van der Waals surface area contributed by atoms with Crippen LogP contribution < -0.4 is 5.73 Å². The molecular formula is C21H22N6O2. The van der Waals surface area contributed by atoms with Crippen molar-refractivity contribution >= 4 is 28.5 Å². The van der Waals surface area contributed by atoms with Crippen molar-refractivity contribution in [3.05, 3.63) is 35.0 Å². The van der Waals surface area contributed by atoms with Crippen molar-refractivity contribution in [2.24, 2.45) is 10.9 Å². The predicted octanol–water partition coefficient (Wildman–Crippen LogP) is 3.90. The van der Waals surface area contributed by atoms with Crippen LogP contribution in [0.3, 0.4) is 0 Å². The van der Waals surface area contributed by atoms with Crippen LogP contribution in [0, 0.1) is 28.6 Å². The number of anilines is 1. The molecule has 2 aromatic rings. The molecule has 1 aromatic carbocycles. The molecule has 1 aliphatic rings. The standard InChI is InChI=1S/C21H22N6O2/c1-11-15(9-22)18(16(10-23)12(2)25-11)13-6-7-17-14(8-13)19(24)26-27(17)20(28)29-21(3,4)5/h6-8,15,18H,1-5H3,(H2,24,26). The summed E-state index contributed by atoms with van der Waals surface area (Å²) in [5.41, 5.74) is 8.32. The molecule has 0 spiro atoms. The summed E-state index contributed by atoms with van der Waals surface area (Å²) in [4.78, 5) is 16.8. The van der Waals surface area contributed by atoms with Crippen LogP contribution in [0.15, 0.2) is 34.5 Å². The molecule has 2 N–H and O–H groups in total. The molecule has 29 heavy (non-hydrogen) atoms. The number of hydrogen-bond donors (Lipinski definition) is 1. The maximum Gasteiger partial charge on any atom is 0.435 e. The topological polar surface area (TPSA) is 130 Å². The number of nitrogens with two attached hydrogens (primary N) is 1. The van der Waals surface area contributed by atoms with E-state index in [0.717, 1.165) is 10.2 Å². The van der Waals surface area contributed by atoms with E-state index in [-0.39, 0.29) is 5.82 Å². The fourth-order valence-corrected chi connectivity index (χ4v) is 3.50. The van der Waals surface area contributed by atoms with E-state index in [9.17, 15) is 15.3 Å². The molecule has 0 amide bonds. The van der Waals surface area contributed by atoms with Crippen molar-refractivity contribution in [1.82, 2.24) is 9.78 Å². The molecule has 2 atom stereocenters. The number of ether oxygens (including phenoxy) is 1. The van der Waals surface area contributed by atoms with Crippen molar-refractivity contribution in [2.45, 2.75) is 46.1 Å². The highest BCUT2D eigenvalue weighted by molar-refractivity contribution is 5.96. The second-order valence-corrected chi connectivity index (χ2v) is 8.00. The number of carbonyl (C=O) groups is 1.